The molecule has 14 rings (SSSR count). The summed E-state index contributed by atoms with van der Waals surface area (Å²) in [6, 6.07) is 46.1. The van der Waals surface area contributed by atoms with Gasteiger partial charge in [-0.25, -0.2) is 50.5 Å². The molecule has 129 heavy (non-hydrogen) atoms. The van der Waals surface area contributed by atoms with E-state index in [0.29, 0.717) is 129 Å². The molecule has 7 aromatic rings. The van der Waals surface area contributed by atoms with E-state index in [9.17, 15) is 109 Å². The summed E-state index contributed by atoms with van der Waals surface area (Å²) in [7, 11) is -28.9. The van der Waals surface area contributed by atoms with Crippen molar-refractivity contribution in [3.05, 3.63) is 298 Å². The summed E-state index contributed by atoms with van der Waals surface area (Å²) in [6.07, 6.45) is 21.3. The predicted octanol–water partition coefficient (Wildman–Crippen LogP) is -11.0. The van der Waals surface area contributed by atoms with Crippen LogP contribution in [0.4, 0.5) is 22.7 Å². The summed E-state index contributed by atoms with van der Waals surface area (Å²) in [4.78, 5) is 3.51. The number of aliphatic hydroxyl groups excluding tert-OH is 4. The smallest absolute Gasteiger partial charge is 0.748 e. The Labute approximate surface area is 891 Å². The van der Waals surface area contributed by atoms with Gasteiger partial charge in [-0.15, -0.1) is 0 Å². The van der Waals surface area contributed by atoms with E-state index >= 15 is 0 Å². The largest absolute Gasteiger partial charge is 1.00 e. The fourth-order valence-electron chi connectivity index (χ4n) is 18.5. The van der Waals surface area contributed by atoms with E-state index < -0.39 is 134 Å². The minimum atomic E-state index is -4.96. The Kier molecular flexibility index (Phi) is 41.9. The standard InChI is InChI=1S/C43H42N2O13S4.C42H46N2O13S4.6Na/c46-32(27-60(49,50)51)25-44-40-22-19-35(62(55,56)57)24-38(40)43(30-12-6-3-7-13-30,31-14-8-4-9-15-31)41(44)16-10-2-1-5-11-29-17-20-36-37-23-34(59-58-48)18-21-39(37)45(42(29)36)26-33(47)28-61(52,53)54;45-31(27-59(48,49)50)25-43-37-18-16-34(61(54,55)56)24-35(37)41(20-9-4-10-21-41)39(43)14-8-2-1-5-11-29-19-22-42(30-12-6-3-7-13-30)36-23-33(58-57-47)15-17-38(36)44(40(29)42)26-32(46)28-60(51,52)53;;;;;;/h1-16,18-19,21-24,32-33,36,46-47H,17,20,25-28H2,(H3-,48,49,50,51,52,53,54,55,56,57);1-3,5-8,11-18,23-24,31-32,45-46H,4,9-10,19-22,25-28H2,(H3-,47,48,49,50,51,52,53,54,55,56);;;;;;/q;;6*+1/p-6. The van der Waals surface area contributed by atoms with Gasteiger partial charge in [-0.2, -0.15) is 9.15 Å². The molecule has 6 unspecified atom stereocenters. The first kappa shape index (κ1) is 113. The quantitative estimate of drug-likeness (QED) is 0.00596. The zero-order valence-corrected chi connectivity index (χ0v) is 89.8. The van der Waals surface area contributed by atoms with E-state index in [-0.39, 0.29) is 209 Å². The minimum absolute atomic E-state index is 0. The topological polar surface area (TPSA) is 501 Å². The molecule has 6 atom stereocenters. The Morgan fingerprint density at radius 1 is 0.426 bits per heavy atom. The number of allylic oxidation sites excluding steroid dienone is 16. The van der Waals surface area contributed by atoms with Gasteiger partial charge in [0.15, 0.2) is 18.8 Å². The van der Waals surface area contributed by atoms with E-state index in [4.69, 9.17) is 0 Å². The molecule has 3 aliphatic carbocycles. The van der Waals surface area contributed by atoms with Crippen LogP contribution in [0.3, 0.4) is 0 Å². The normalized spacial score (nSPS) is 20.1. The van der Waals surface area contributed by atoms with Crippen LogP contribution in [0.15, 0.2) is 279 Å². The Balaban J connectivity index is 0.000000338. The van der Waals surface area contributed by atoms with Crippen LogP contribution in [0.25, 0.3) is 0 Å². The fourth-order valence-corrected chi connectivity index (χ4v) is 22.5. The third-order valence-electron chi connectivity index (χ3n) is 22.8. The summed E-state index contributed by atoms with van der Waals surface area (Å²) >= 11 is 1.30. The molecule has 30 nitrogen and oxygen atoms in total. The van der Waals surface area contributed by atoms with Crippen LogP contribution >= 0.6 is 24.1 Å². The Morgan fingerprint density at radius 2 is 0.845 bits per heavy atom. The van der Waals surface area contributed by atoms with Gasteiger partial charge in [-0.1, -0.05) is 171 Å². The van der Waals surface area contributed by atoms with E-state index in [2.05, 4.69) is 8.67 Å². The molecule has 0 amide bonds. The van der Waals surface area contributed by atoms with Gasteiger partial charge in [0.05, 0.1) is 96.8 Å². The maximum atomic E-state index is 12.4. The maximum Gasteiger partial charge on any atom is 1.00 e. The SMILES string of the molecule is O=S(=O)([O-])CC(O)CN1\C(=C/C=C/C=C/C=C2\CCC3(c4ccccc4)C2=[N+](CC(O)CS(=O)(=O)[O-])c2ccc(SO[O-])cc23)C2(CCCCC2)c2cc(S(=O)(=O)[O-])ccc21.O=S(=O)([O-])CC(O)CN1\C(=C/C=C/C=C/C=C2\CCC3C2=[N+](CC(O)CS(=O)(=O)[O-])c2ccc(SO[O-])cc23)C(c2ccccc2)(c2ccccc2)c2cc(S(=O)(=O)[O-])ccc21.[Na+].[Na+].[Na+].[Na+].[Na+].[Na+]. The third-order valence-corrected chi connectivity index (χ3v) is 28.7. The molecule has 4 aliphatic heterocycles. The van der Waals surface area contributed by atoms with Crippen LogP contribution in [0.1, 0.15) is 103 Å². The van der Waals surface area contributed by atoms with Crippen molar-refractivity contribution in [2.24, 2.45) is 0 Å². The van der Waals surface area contributed by atoms with Gasteiger partial charge in [-0.3, -0.25) is 0 Å². The van der Waals surface area contributed by atoms with Crippen LogP contribution in [0, 0.1) is 0 Å². The second kappa shape index (κ2) is 47.7. The number of β-amino-alcohol motifs (C(OH)–C–C–N with tert-alkyl or cyclic N) is 4. The summed E-state index contributed by atoms with van der Waals surface area (Å²) in [5.41, 5.74) is 8.73. The molecular formula is C85H82N4Na6O26S8. The van der Waals surface area contributed by atoms with Gasteiger partial charge in [0, 0.05) is 110 Å². The van der Waals surface area contributed by atoms with Gasteiger partial charge in [0.1, 0.15) is 37.9 Å². The molecule has 652 valence electrons. The predicted molar refractivity (Wildman–Crippen MR) is 447 cm³/mol. The number of hydrogen-bond donors (Lipinski definition) is 4. The molecule has 4 heterocycles. The molecule has 0 bridgehead atoms. The summed E-state index contributed by atoms with van der Waals surface area (Å²) < 4.78 is 225. The number of hydrogen-bond acceptors (Lipinski definition) is 30. The molecular weight excluding hydrogens is 1890 g/mol. The molecule has 44 heteroatoms. The molecule has 3 fully saturated rings. The van der Waals surface area contributed by atoms with E-state index in [1.54, 1.807) is 130 Å². The number of fused-ring (bicyclic) bond motifs is 9. The number of nitrogens with zero attached hydrogens (tertiary/aromatic N) is 4. The average molecular weight is 1970 g/mol. The second-order valence-electron chi connectivity index (χ2n) is 30.7. The Hall–Kier alpha value is -2.76. The first-order chi connectivity index (χ1) is 58.3. The second-order valence-corrected chi connectivity index (χ2v) is 40.8. The summed E-state index contributed by atoms with van der Waals surface area (Å²) in [5.74, 6) is -4.22. The number of anilines is 2. The summed E-state index contributed by atoms with van der Waals surface area (Å²) in [5, 5.41) is 65.3. The van der Waals surface area contributed by atoms with Crippen LogP contribution in [-0.4, -0.2) is 192 Å². The van der Waals surface area contributed by atoms with Crippen molar-refractivity contribution in [1.82, 2.24) is 0 Å². The van der Waals surface area contributed by atoms with Crippen molar-refractivity contribution in [3.8, 4) is 0 Å². The van der Waals surface area contributed by atoms with Crippen molar-refractivity contribution in [1.29, 1.82) is 0 Å². The third kappa shape index (κ3) is 26.4. The minimum Gasteiger partial charge on any atom is -0.748 e. The van der Waals surface area contributed by atoms with E-state index in [1.807, 2.05) is 89.5 Å². The molecule has 4 N–H and O–H groups in total. The summed E-state index contributed by atoms with van der Waals surface area (Å²) in [6.45, 7) is -1.03. The molecule has 0 saturated heterocycles. The van der Waals surface area contributed by atoms with Gasteiger partial charge >= 0.3 is 177 Å². The van der Waals surface area contributed by atoms with Crippen molar-refractivity contribution >= 4 is 119 Å². The van der Waals surface area contributed by atoms with Gasteiger partial charge < -0.3 is 76.7 Å². The van der Waals surface area contributed by atoms with Crippen molar-refractivity contribution < 1.29 is 304 Å². The Bertz CT molecular complexity index is 6270. The molecule has 7 aromatic carbocycles. The van der Waals surface area contributed by atoms with Gasteiger partial charge in [-0.05, 0) is 139 Å². The van der Waals surface area contributed by atoms with Crippen LogP contribution < -0.4 is 198 Å². The molecule has 1 spiro atoms. The van der Waals surface area contributed by atoms with Crippen LogP contribution in [0.5, 0.6) is 0 Å². The number of benzene rings is 7. The molecule has 7 aliphatic rings. The molecule has 0 radical (unpaired) electrons. The van der Waals surface area contributed by atoms with Gasteiger partial charge in [0.2, 0.25) is 17.1 Å². The maximum absolute atomic E-state index is 12.4. The van der Waals surface area contributed by atoms with E-state index in [1.165, 1.54) is 30.3 Å². The molecule has 3 saturated carbocycles. The monoisotopic (exact) mass is 1970 g/mol. The van der Waals surface area contributed by atoms with Gasteiger partial charge in [0.25, 0.3) is 0 Å². The van der Waals surface area contributed by atoms with E-state index in [0.717, 1.165) is 64.6 Å². The molecule has 0 aromatic heterocycles. The fraction of sp³-hybridized carbons (Fsp3) is 0.294. The van der Waals surface area contributed by atoms with Crippen molar-refractivity contribution in [2.45, 2.75) is 124 Å². The van der Waals surface area contributed by atoms with Crippen LogP contribution in [-0.2, 0) is 85.6 Å². The van der Waals surface area contributed by atoms with Crippen LogP contribution in [0.2, 0.25) is 0 Å². The number of aliphatic hydroxyl groups is 4. The Morgan fingerprint density at radius 3 is 1.33 bits per heavy atom. The first-order valence-corrected chi connectivity index (χ1v) is 49.3. The zero-order valence-electron chi connectivity index (χ0n) is 71.2. The average Bonchev–Trinajstić information content (AvgIpc) is 1.55. The zero-order chi connectivity index (χ0) is 88.2. The van der Waals surface area contributed by atoms with Crippen molar-refractivity contribution in [3.63, 3.8) is 0 Å². The van der Waals surface area contributed by atoms with Crippen molar-refractivity contribution in [2.75, 3.05) is 59.0 Å². The first-order valence-electron chi connectivity index (χ1n) is 38.7. The number of rotatable bonds is 31.